The van der Waals surface area contributed by atoms with Crippen LogP contribution in [0.4, 0.5) is 0 Å². The Labute approximate surface area is 129 Å². The van der Waals surface area contributed by atoms with Crippen molar-refractivity contribution in [1.29, 1.82) is 0 Å². The Balaban J connectivity index is 3.00. The van der Waals surface area contributed by atoms with Crippen molar-refractivity contribution in [3.05, 3.63) is 28.5 Å². The Hall–Kier alpha value is -1.62. The molecule has 0 fully saturated rings. The molecule has 0 aliphatic carbocycles. The number of carbonyl (C=O) groups excluding carboxylic acids is 1. The molecule has 0 bridgehead atoms. The molecule has 0 saturated heterocycles. The maximum atomic E-state index is 12.2. The van der Waals surface area contributed by atoms with E-state index in [1.807, 2.05) is 20.8 Å². The summed E-state index contributed by atoms with van der Waals surface area (Å²) in [4.78, 5) is 27.7. The van der Waals surface area contributed by atoms with Crippen LogP contribution in [0.25, 0.3) is 0 Å². The van der Waals surface area contributed by atoms with E-state index >= 15 is 0 Å². The van der Waals surface area contributed by atoms with Gasteiger partial charge >= 0.3 is 5.97 Å². The van der Waals surface area contributed by atoms with Crippen LogP contribution in [0.1, 0.15) is 56.1 Å². The highest BCUT2D eigenvalue weighted by Gasteiger charge is 2.26. The number of amides is 1. The first-order valence-electron chi connectivity index (χ1n) is 6.97. The van der Waals surface area contributed by atoms with Gasteiger partial charge < -0.3 is 10.4 Å². The molecule has 21 heavy (non-hydrogen) atoms. The molecule has 1 aromatic rings. The molecule has 1 aromatic heterocycles. The quantitative estimate of drug-likeness (QED) is 0.791. The van der Waals surface area contributed by atoms with E-state index in [-0.39, 0.29) is 17.0 Å². The molecule has 0 aliphatic heterocycles. The second kappa shape index (κ2) is 7.41. The second-order valence-corrected chi connectivity index (χ2v) is 5.82. The fourth-order valence-corrected chi connectivity index (χ4v) is 2.07. The molecular formula is C15H21ClN2O3. The van der Waals surface area contributed by atoms with Crippen LogP contribution in [0, 0.1) is 5.92 Å². The number of aromatic nitrogens is 1. The van der Waals surface area contributed by atoms with Crippen molar-refractivity contribution in [3.63, 3.8) is 0 Å². The van der Waals surface area contributed by atoms with Crippen molar-refractivity contribution < 1.29 is 14.7 Å². The van der Waals surface area contributed by atoms with Gasteiger partial charge in [-0.15, -0.1) is 0 Å². The van der Waals surface area contributed by atoms with Gasteiger partial charge in [0, 0.05) is 11.3 Å². The van der Waals surface area contributed by atoms with Crippen molar-refractivity contribution in [2.24, 2.45) is 5.92 Å². The topological polar surface area (TPSA) is 79.3 Å². The van der Waals surface area contributed by atoms with E-state index in [0.29, 0.717) is 17.7 Å². The average molecular weight is 313 g/mol. The lowest BCUT2D eigenvalue weighted by Gasteiger charge is -2.20. The van der Waals surface area contributed by atoms with Gasteiger partial charge in [-0.3, -0.25) is 4.79 Å². The molecule has 1 heterocycles. The van der Waals surface area contributed by atoms with Crippen molar-refractivity contribution in [2.45, 2.75) is 46.1 Å². The number of aliphatic carboxylic acids is 1. The van der Waals surface area contributed by atoms with Crippen LogP contribution in [0.15, 0.2) is 12.1 Å². The third-order valence-electron chi connectivity index (χ3n) is 3.43. The van der Waals surface area contributed by atoms with Gasteiger partial charge in [0.05, 0.1) is 0 Å². The molecule has 2 N–H and O–H groups in total. The SMILES string of the molecule is CC[C@H](C)[C@H](NC(=O)c1cc(Cl)nc(C(C)C)c1)C(=O)O. The summed E-state index contributed by atoms with van der Waals surface area (Å²) in [5.74, 6) is -1.52. The van der Waals surface area contributed by atoms with E-state index in [0.717, 1.165) is 0 Å². The zero-order chi connectivity index (χ0) is 16.2. The zero-order valence-electron chi connectivity index (χ0n) is 12.7. The number of carbonyl (C=O) groups is 2. The van der Waals surface area contributed by atoms with Gasteiger partial charge in [-0.2, -0.15) is 0 Å². The predicted octanol–water partition coefficient (Wildman–Crippen LogP) is 3.09. The molecule has 0 aromatic carbocycles. The van der Waals surface area contributed by atoms with Crippen molar-refractivity contribution >= 4 is 23.5 Å². The minimum absolute atomic E-state index is 0.125. The monoisotopic (exact) mass is 312 g/mol. The summed E-state index contributed by atoms with van der Waals surface area (Å²) in [6.07, 6.45) is 0.658. The summed E-state index contributed by atoms with van der Waals surface area (Å²) in [6.45, 7) is 7.56. The van der Waals surface area contributed by atoms with E-state index in [9.17, 15) is 14.7 Å². The van der Waals surface area contributed by atoms with Crippen molar-refractivity contribution in [2.75, 3.05) is 0 Å². The number of nitrogens with one attached hydrogen (secondary N) is 1. The number of halogens is 1. The smallest absolute Gasteiger partial charge is 0.326 e. The van der Waals surface area contributed by atoms with Crippen LogP contribution >= 0.6 is 11.6 Å². The number of hydrogen-bond donors (Lipinski definition) is 2. The highest BCUT2D eigenvalue weighted by atomic mass is 35.5. The Morgan fingerprint density at radius 2 is 1.95 bits per heavy atom. The summed E-state index contributed by atoms with van der Waals surface area (Å²) in [5, 5.41) is 12.0. The molecule has 0 spiro atoms. The summed E-state index contributed by atoms with van der Waals surface area (Å²) in [5.41, 5.74) is 1.02. The minimum atomic E-state index is -1.04. The zero-order valence-corrected chi connectivity index (χ0v) is 13.4. The Morgan fingerprint density at radius 1 is 1.33 bits per heavy atom. The Bertz CT molecular complexity index is 532. The van der Waals surface area contributed by atoms with Gasteiger partial charge in [0.25, 0.3) is 5.91 Å². The van der Waals surface area contributed by atoms with Crippen LogP contribution in [0.3, 0.4) is 0 Å². The third kappa shape index (κ3) is 4.70. The van der Waals surface area contributed by atoms with Gasteiger partial charge in [-0.25, -0.2) is 9.78 Å². The van der Waals surface area contributed by atoms with Crippen molar-refractivity contribution in [3.8, 4) is 0 Å². The Kier molecular flexibility index (Phi) is 6.15. The molecule has 116 valence electrons. The molecule has 6 heteroatoms. The standard InChI is InChI=1S/C15H21ClN2O3/c1-5-9(4)13(15(20)21)18-14(19)10-6-11(8(2)3)17-12(16)7-10/h6-9,13H,5H2,1-4H3,(H,18,19)(H,20,21)/t9-,13-/m0/s1. The second-order valence-electron chi connectivity index (χ2n) is 5.43. The minimum Gasteiger partial charge on any atom is -0.480 e. The first-order valence-corrected chi connectivity index (χ1v) is 7.35. The molecule has 0 saturated carbocycles. The molecule has 1 rings (SSSR count). The summed E-state index contributed by atoms with van der Waals surface area (Å²) in [7, 11) is 0. The summed E-state index contributed by atoms with van der Waals surface area (Å²) < 4.78 is 0. The normalized spacial score (nSPS) is 13.8. The van der Waals surface area contributed by atoms with E-state index in [1.165, 1.54) is 6.07 Å². The van der Waals surface area contributed by atoms with Gasteiger partial charge in [0.1, 0.15) is 11.2 Å². The molecule has 0 aliphatic rings. The third-order valence-corrected chi connectivity index (χ3v) is 3.63. The largest absolute Gasteiger partial charge is 0.480 e. The number of carboxylic acids is 1. The van der Waals surface area contributed by atoms with Gasteiger partial charge in [0.2, 0.25) is 0 Å². The van der Waals surface area contributed by atoms with Crippen LogP contribution in [0.2, 0.25) is 5.15 Å². The van der Waals surface area contributed by atoms with E-state index in [4.69, 9.17) is 11.6 Å². The summed E-state index contributed by atoms with van der Waals surface area (Å²) in [6, 6.07) is 2.16. The lowest BCUT2D eigenvalue weighted by atomic mass is 9.98. The highest BCUT2D eigenvalue weighted by molar-refractivity contribution is 6.29. The molecular weight excluding hydrogens is 292 g/mol. The molecule has 2 atom stereocenters. The number of hydrogen-bond acceptors (Lipinski definition) is 3. The lowest BCUT2D eigenvalue weighted by molar-refractivity contribution is -0.140. The molecule has 1 amide bonds. The fraction of sp³-hybridized carbons (Fsp3) is 0.533. The Morgan fingerprint density at radius 3 is 2.43 bits per heavy atom. The first-order chi connectivity index (χ1) is 9.76. The molecule has 5 nitrogen and oxygen atoms in total. The molecule has 0 radical (unpaired) electrons. The van der Waals surface area contributed by atoms with E-state index in [1.54, 1.807) is 13.0 Å². The number of pyridine rings is 1. The number of carboxylic acid groups (broad SMARTS) is 1. The average Bonchev–Trinajstić information content (AvgIpc) is 2.42. The predicted molar refractivity (Wildman–Crippen MR) is 81.7 cm³/mol. The van der Waals surface area contributed by atoms with Crippen molar-refractivity contribution in [1.82, 2.24) is 10.3 Å². The fourth-order valence-electron chi connectivity index (χ4n) is 1.85. The maximum Gasteiger partial charge on any atom is 0.326 e. The summed E-state index contributed by atoms with van der Waals surface area (Å²) >= 11 is 5.92. The number of rotatable bonds is 6. The van der Waals surface area contributed by atoms with Gasteiger partial charge in [-0.1, -0.05) is 45.7 Å². The van der Waals surface area contributed by atoms with Gasteiger partial charge in [0.15, 0.2) is 0 Å². The van der Waals surface area contributed by atoms with Crippen LogP contribution in [-0.4, -0.2) is 28.0 Å². The number of nitrogens with zero attached hydrogens (tertiary/aromatic N) is 1. The maximum absolute atomic E-state index is 12.2. The van der Waals surface area contributed by atoms with Crippen LogP contribution < -0.4 is 5.32 Å². The lowest BCUT2D eigenvalue weighted by Crippen LogP contribution is -2.45. The highest BCUT2D eigenvalue weighted by Crippen LogP contribution is 2.18. The van der Waals surface area contributed by atoms with Crippen LogP contribution in [-0.2, 0) is 4.79 Å². The first kappa shape index (κ1) is 17.4. The van der Waals surface area contributed by atoms with E-state index < -0.39 is 17.9 Å². The molecule has 0 unspecified atom stereocenters. The van der Waals surface area contributed by atoms with Gasteiger partial charge in [-0.05, 0) is 24.0 Å². The van der Waals surface area contributed by atoms with E-state index in [2.05, 4.69) is 10.3 Å². The van der Waals surface area contributed by atoms with Crippen LogP contribution in [0.5, 0.6) is 0 Å².